The lowest BCUT2D eigenvalue weighted by molar-refractivity contribution is -0.117. The molecule has 2 N–H and O–H groups in total. The molecule has 1 aromatic carbocycles. The Bertz CT molecular complexity index is 667. The summed E-state index contributed by atoms with van der Waals surface area (Å²) >= 11 is 1.27. The van der Waals surface area contributed by atoms with Gasteiger partial charge in [0.15, 0.2) is 0 Å². The fourth-order valence-electron chi connectivity index (χ4n) is 2.21. The summed E-state index contributed by atoms with van der Waals surface area (Å²) in [6.45, 7) is 0.214. The minimum absolute atomic E-state index is 0. The van der Waals surface area contributed by atoms with Crippen LogP contribution in [0.1, 0.15) is 6.42 Å². The van der Waals surface area contributed by atoms with Crippen molar-refractivity contribution in [2.45, 2.75) is 18.6 Å². The molecule has 0 bridgehead atoms. The van der Waals surface area contributed by atoms with Crippen LogP contribution < -0.4 is 15.4 Å². The van der Waals surface area contributed by atoms with Crippen LogP contribution in [-0.2, 0) is 4.79 Å². The number of carbonyl (C=O) groups is 1. The van der Waals surface area contributed by atoms with Crippen molar-refractivity contribution in [3.63, 3.8) is 0 Å². The summed E-state index contributed by atoms with van der Waals surface area (Å²) in [6.07, 6.45) is -0.782. The van der Waals surface area contributed by atoms with E-state index in [0.717, 1.165) is 11.3 Å². The number of rotatable bonds is 4. The van der Waals surface area contributed by atoms with Gasteiger partial charge in [-0.1, -0.05) is 11.3 Å². The van der Waals surface area contributed by atoms with Gasteiger partial charge < -0.3 is 10.1 Å². The molecular weight excluding hydrogens is 343 g/mol. The highest BCUT2D eigenvalue weighted by Crippen LogP contribution is 2.28. The number of carbonyl (C=O) groups excluding carboxylic acids is 1. The minimum Gasteiger partial charge on any atom is -0.497 e. The van der Waals surface area contributed by atoms with Gasteiger partial charge in [0, 0.05) is 18.5 Å². The van der Waals surface area contributed by atoms with Gasteiger partial charge in [0.1, 0.15) is 16.9 Å². The summed E-state index contributed by atoms with van der Waals surface area (Å²) in [6, 6.07) is 6.90. The molecule has 1 amide bonds. The maximum atomic E-state index is 13.1. The molecule has 1 aromatic heterocycles. The number of aromatic nitrogens is 2. The number of alkyl halides is 1. The Morgan fingerprint density at radius 2 is 2.13 bits per heavy atom. The average Bonchev–Trinajstić information content (AvgIpc) is 3.16. The van der Waals surface area contributed by atoms with Crippen LogP contribution >= 0.6 is 23.7 Å². The van der Waals surface area contributed by atoms with E-state index in [2.05, 4.69) is 20.8 Å². The van der Waals surface area contributed by atoms with Crippen LogP contribution in [0.3, 0.4) is 0 Å². The van der Waals surface area contributed by atoms with Gasteiger partial charge in [0.05, 0.1) is 13.2 Å². The van der Waals surface area contributed by atoms with Gasteiger partial charge in [0.2, 0.25) is 11.0 Å². The first-order valence-corrected chi connectivity index (χ1v) is 7.63. The number of nitrogens with one attached hydrogen (secondary N) is 2. The molecule has 1 fully saturated rings. The third-order valence-electron chi connectivity index (χ3n) is 3.39. The van der Waals surface area contributed by atoms with Crippen LogP contribution in [0.2, 0.25) is 0 Å². The maximum Gasteiger partial charge on any atom is 0.243 e. The van der Waals surface area contributed by atoms with Crippen molar-refractivity contribution in [3.05, 3.63) is 24.3 Å². The van der Waals surface area contributed by atoms with Crippen molar-refractivity contribution in [2.24, 2.45) is 0 Å². The standard InChI is InChI=1S/C14H15FN4O2S.ClH/c1-21-10-4-2-8(3-5-10)13-18-19-14(22-13)17-12(20)11-6-9(15)7-16-11;/h2-5,9,11,16H,6-7H2,1H3,(H,17,19,20);1H/t9-,11+;/m0./s1. The molecule has 2 heterocycles. The number of nitrogens with zero attached hydrogens (tertiary/aromatic N) is 2. The summed E-state index contributed by atoms with van der Waals surface area (Å²) in [4.78, 5) is 12.0. The van der Waals surface area contributed by atoms with E-state index in [-0.39, 0.29) is 31.3 Å². The van der Waals surface area contributed by atoms with Gasteiger partial charge >= 0.3 is 0 Å². The third-order valence-corrected chi connectivity index (χ3v) is 4.27. The number of hydrogen-bond donors (Lipinski definition) is 2. The maximum absolute atomic E-state index is 13.1. The quantitative estimate of drug-likeness (QED) is 0.876. The first-order chi connectivity index (χ1) is 10.7. The van der Waals surface area contributed by atoms with Gasteiger partial charge in [-0.25, -0.2) is 4.39 Å². The minimum atomic E-state index is -0.972. The first-order valence-electron chi connectivity index (χ1n) is 6.82. The molecule has 9 heteroatoms. The van der Waals surface area contributed by atoms with Gasteiger partial charge in [-0.3, -0.25) is 10.1 Å². The highest BCUT2D eigenvalue weighted by atomic mass is 35.5. The molecule has 0 saturated carbocycles. The van der Waals surface area contributed by atoms with E-state index in [9.17, 15) is 9.18 Å². The lowest BCUT2D eigenvalue weighted by Gasteiger charge is -2.07. The monoisotopic (exact) mass is 358 g/mol. The van der Waals surface area contributed by atoms with Gasteiger partial charge in [0.25, 0.3) is 0 Å². The Morgan fingerprint density at radius 1 is 1.39 bits per heavy atom. The van der Waals surface area contributed by atoms with Crippen LogP contribution in [-0.4, -0.2) is 42.0 Å². The predicted molar refractivity (Wildman–Crippen MR) is 89.1 cm³/mol. The summed E-state index contributed by atoms with van der Waals surface area (Å²) in [5.41, 5.74) is 0.890. The Labute approximate surface area is 142 Å². The molecule has 0 aliphatic carbocycles. The zero-order valence-corrected chi connectivity index (χ0v) is 13.9. The topological polar surface area (TPSA) is 76.1 Å². The average molecular weight is 359 g/mol. The number of methoxy groups -OCH3 is 1. The zero-order chi connectivity index (χ0) is 15.5. The molecule has 23 heavy (non-hydrogen) atoms. The Hall–Kier alpha value is -1.77. The number of anilines is 1. The summed E-state index contributed by atoms with van der Waals surface area (Å²) < 4.78 is 18.2. The number of halogens is 2. The van der Waals surface area contributed by atoms with Crippen molar-refractivity contribution in [1.82, 2.24) is 15.5 Å². The van der Waals surface area contributed by atoms with E-state index in [1.165, 1.54) is 11.3 Å². The first kappa shape index (κ1) is 17.6. The molecule has 3 rings (SSSR count). The Balaban J connectivity index is 0.00000192. The Kier molecular flexibility index (Phi) is 5.86. The second kappa shape index (κ2) is 7.67. The number of ether oxygens (including phenoxy) is 1. The molecule has 1 aliphatic heterocycles. The van der Waals surface area contributed by atoms with E-state index in [1.807, 2.05) is 24.3 Å². The molecule has 0 unspecified atom stereocenters. The van der Waals surface area contributed by atoms with E-state index in [1.54, 1.807) is 7.11 Å². The van der Waals surface area contributed by atoms with Crippen molar-refractivity contribution >= 4 is 34.8 Å². The fourth-order valence-corrected chi connectivity index (χ4v) is 2.96. The van der Waals surface area contributed by atoms with E-state index >= 15 is 0 Å². The molecule has 1 aliphatic rings. The molecule has 124 valence electrons. The fraction of sp³-hybridized carbons (Fsp3) is 0.357. The second-order valence-electron chi connectivity index (χ2n) is 4.92. The van der Waals surface area contributed by atoms with Gasteiger partial charge in [-0.05, 0) is 24.3 Å². The van der Waals surface area contributed by atoms with E-state index in [4.69, 9.17) is 4.74 Å². The largest absolute Gasteiger partial charge is 0.497 e. The summed E-state index contributed by atoms with van der Waals surface area (Å²) in [5.74, 6) is 0.479. The van der Waals surface area contributed by atoms with Gasteiger partial charge in [-0.15, -0.1) is 22.6 Å². The van der Waals surface area contributed by atoms with Gasteiger partial charge in [-0.2, -0.15) is 0 Å². The second-order valence-corrected chi connectivity index (χ2v) is 5.90. The van der Waals surface area contributed by atoms with Crippen LogP contribution in [0, 0.1) is 0 Å². The van der Waals surface area contributed by atoms with Crippen molar-refractivity contribution in [3.8, 4) is 16.3 Å². The smallest absolute Gasteiger partial charge is 0.243 e. The highest BCUT2D eigenvalue weighted by molar-refractivity contribution is 7.18. The molecule has 6 nitrogen and oxygen atoms in total. The number of benzene rings is 1. The third kappa shape index (κ3) is 4.15. The van der Waals surface area contributed by atoms with Crippen LogP contribution in [0.25, 0.3) is 10.6 Å². The molecular formula is C14H16ClFN4O2S. The van der Waals surface area contributed by atoms with E-state index in [0.29, 0.717) is 10.1 Å². The number of amides is 1. The number of hydrogen-bond acceptors (Lipinski definition) is 6. The highest BCUT2D eigenvalue weighted by Gasteiger charge is 2.29. The lowest BCUT2D eigenvalue weighted by Crippen LogP contribution is -2.35. The molecule has 2 atom stereocenters. The van der Waals surface area contributed by atoms with E-state index < -0.39 is 12.2 Å². The van der Waals surface area contributed by atoms with Crippen molar-refractivity contribution in [2.75, 3.05) is 19.0 Å². The SMILES string of the molecule is COc1ccc(-c2nnc(NC(=O)[C@H]3C[C@H](F)CN3)s2)cc1.Cl. The molecule has 0 radical (unpaired) electrons. The van der Waals surface area contributed by atoms with Crippen LogP contribution in [0.5, 0.6) is 5.75 Å². The summed E-state index contributed by atoms with van der Waals surface area (Å²) in [5, 5.41) is 14.6. The summed E-state index contributed by atoms with van der Waals surface area (Å²) in [7, 11) is 1.60. The molecule has 0 spiro atoms. The van der Waals surface area contributed by atoms with Crippen LogP contribution in [0.4, 0.5) is 9.52 Å². The van der Waals surface area contributed by atoms with Crippen molar-refractivity contribution < 1.29 is 13.9 Å². The molecule has 1 saturated heterocycles. The lowest BCUT2D eigenvalue weighted by atomic mass is 10.2. The Morgan fingerprint density at radius 3 is 2.74 bits per heavy atom. The molecule has 2 aromatic rings. The zero-order valence-electron chi connectivity index (χ0n) is 12.3. The van der Waals surface area contributed by atoms with Crippen LogP contribution in [0.15, 0.2) is 24.3 Å². The predicted octanol–water partition coefficient (Wildman–Crippen LogP) is 2.27. The van der Waals surface area contributed by atoms with Crippen molar-refractivity contribution in [1.29, 1.82) is 0 Å². The normalized spacial score (nSPS) is 19.9.